The van der Waals surface area contributed by atoms with Gasteiger partial charge < -0.3 is 10.5 Å². The molecule has 0 bridgehead atoms. The van der Waals surface area contributed by atoms with Gasteiger partial charge in [0.1, 0.15) is 16.5 Å². The van der Waals surface area contributed by atoms with E-state index in [4.69, 9.17) is 15.9 Å². The van der Waals surface area contributed by atoms with Crippen molar-refractivity contribution in [2.24, 2.45) is 5.73 Å². The first-order valence-corrected chi connectivity index (χ1v) is 5.63. The first kappa shape index (κ1) is 11.6. The number of amidine groups is 1. The third-order valence-corrected chi connectivity index (χ3v) is 3.16. The smallest absolute Gasteiger partial charge is 0.144 e. The van der Waals surface area contributed by atoms with Crippen LogP contribution in [0.2, 0.25) is 0 Å². The van der Waals surface area contributed by atoms with E-state index < -0.39 is 0 Å². The highest BCUT2D eigenvalue weighted by molar-refractivity contribution is 7.17. The Morgan fingerprint density at radius 2 is 2.35 bits per heavy atom. The van der Waals surface area contributed by atoms with E-state index in [0.717, 1.165) is 0 Å². The molecule has 2 aromatic heterocycles. The number of ether oxygens (including phenoxy) is 1. The third-order valence-electron chi connectivity index (χ3n) is 2.01. The van der Waals surface area contributed by atoms with Crippen LogP contribution < -0.4 is 5.73 Å². The van der Waals surface area contributed by atoms with Crippen LogP contribution >= 0.6 is 11.3 Å². The number of nitrogen functional groups attached to an aromatic ring is 1. The standard InChI is InChI=1S/C10H11N5OS/c1-16-5-7-8(9(11)12)17-10(15-7)6-4-13-2-3-14-6/h2-4H,5H2,1H3,(H3,11,12). The third kappa shape index (κ3) is 2.45. The molecule has 3 N–H and O–H groups in total. The topological polar surface area (TPSA) is 97.8 Å². The fraction of sp³-hybridized carbons (Fsp3) is 0.200. The van der Waals surface area contributed by atoms with Gasteiger partial charge >= 0.3 is 0 Å². The number of aromatic nitrogens is 3. The summed E-state index contributed by atoms with van der Waals surface area (Å²) in [6, 6.07) is 0. The lowest BCUT2D eigenvalue weighted by Gasteiger charge is -1.97. The molecular weight excluding hydrogens is 238 g/mol. The lowest BCUT2D eigenvalue weighted by atomic mass is 10.3. The Morgan fingerprint density at radius 3 is 2.94 bits per heavy atom. The van der Waals surface area contributed by atoms with Crippen molar-refractivity contribution in [3.05, 3.63) is 29.2 Å². The second-order valence-electron chi connectivity index (χ2n) is 3.23. The largest absolute Gasteiger partial charge is 0.383 e. The summed E-state index contributed by atoms with van der Waals surface area (Å²) in [6.45, 7) is 0.325. The predicted molar refractivity (Wildman–Crippen MR) is 64.9 cm³/mol. The normalized spacial score (nSPS) is 10.4. The van der Waals surface area contributed by atoms with Crippen molar-refractivity contribution in [3.63, 3.8) is 0 Å². The maximum Gasteiger partial charge on any atom is 0.144 e. The van der Waals surface area contributed by atoms with E-state index in [1.165, 1.54) is 11.3 Å². The van der Waals surface area contributed by atoms with Crippen molar-refractivity contribution in [2.45, 2.75) is 6.61 Å². The van der Waals surface area contributed by atoms with Crippen LogP contribution in [0.15, 0.2) is 18.6 Å². The van der Waals surface area contributed by atoms with E-state index in [2.05, 4.69) is 15.0 Å². The van der Waals surface area contributed by atoms with E-state index >= 15 is 0 Å². The molecule has 0 unspecified atom stereocenters. The number of methoxy groups -OCH3 is 1. The predicted octanol–water partition coefficient (Wildman–Crippen LogP) is 1.03. The van der Waals surface area contributed by atoms with Crippen LogP contribution in [0.1, 0.15) is 10.6 Å². The summed E-state index contributed by atoms with van der Waals surface area (Å²) >= 11 is 1.32. The number of hydrogen-bond donors (Lipinski definition) is 2. The van der Waals surface area contributed by atoms with Crippen LogP contribution in [0.4, 0.5) is 0 Å². The van der Waals surface area contributed by atoms with Gasteiger partial charge in [0.2, 0.25) is 0 Å². The van der Waals surface area contributed by atoms with Gasteiger partial charge in [-0.2, -0.15) is 0 Å². The van der Waals surface area contributed by atoms with Gasteiger partial charge in [0, 0.05) is 19.5 Å². The molecule has 2 rings (SSSR count). The average Bonchev–Trinajstić information content (AvgIpc) is 2.75. The summed E-state index contributed by atoms with van der Waals surface area (Å²) in [5.41, 5.74) is 6.83. The Morgan fingerprint density at radius 1 is 1.53 bits per heavy atom. The molecule has 88 valence electrons. The number of rotatable bonds is 4. The molecule has 0 spiro atoms. The quantitative estimate of drug-likeness (QED) is 0.623. The lowest BCUT2D eigenvalue weighted by Crippen LogP contribution is -2.11. The molecule has 17 heavy (non-hydrogen) atoms. The molecule has 0 aliphatic rings. The molecule has 6 nitrogen and oxygen atoms in total. The van der Waals surface area contributed by atoms with Gasteiger partial charge in [-0.25, -0.2) is 4.98 Å². The van der Waals surface area contributed by atoms with Crippen LogP contribution in [0.5, 0.6) is 0 Å². The van der Waals surface area contributed by atoms with Crippen LogP contribution in [-0.2, 0) is 11.3 Å². The molecule has 0 aromatic carbocycles. The van der Waals surface area contributed by atoms with Crippen molar-refractivity contribution in [1.82, 2.24) is 15.0 Å². The SMILES string of the molecule is COCc1nc(-c2cnccn2)sc1C(=N)N. The Hall–Kier alpha value is -1.86. The molecular formula is C10H11N5OS. The number of thiazole rings is 1. The second kappa shape index (κ2) is 4.98. The van der Waals surface area contributed by atoms with E-state index in [1.807, 2.05) is 0 Å². The van der Waals surface area contributed by atoms with Crippen molar-refractivity contribution in [1.29, 1.82) is 5.41 Å². The zero-order valence-electron chi connectivity index (χ0n) is 9.17. The Bertz CT molecular complexity index is 525. The summed E-state index contributed by atoms with van der Waals surface area (Å²) in [4.78, 5) is 13.1. The Kier molecular flexibility index (Phi) is 3.40. The lowest BCUT2D eigenvalue weighted by molar-refractivity contribution is 0.182. The van der Waals surface area contributed by atoms with Crippen LogP contribution in [-0.4, -0.2) is 27.9 Å². The van der Waals surface area contributed by atoms with Crippen LogP contribution in [0.25, 0.3) is 10.7 Å². The average molecular weight is 249 g/mol. The minimum absolute atomic E-state index is 0.00955. The molecule has 0 atom stereocenters. The Balaban J connectivity index is 2.44. The fourth-order valence-electron chi connectivity index (χ4n) is 1.32. The van der Waals surface area contributed by atoms with E-state index in [1.54, 1.807) is 25.7 Å². The van der Waals surface area contributed by atoms with Crippen LogP contribution in [0, 0.1) is 5.41 Å². The molecule has 0 fully saturated rings. The number of nitrogens with one attached hydrogen (secondary N) is 1. The maximum absolute atomic E-state index is 7.49. The van der Waals surface area contributed by atoms with Crippen molar-refractivity contribution < 1.29 is 4.74 Å². The van der Waals surface area contributed by atoms with Gasteiger partial charge in [-0.05, 0) is 0 Å². The molecule has 7 heteroatoms. The number of nitrogens with zero attached hydrogens (tertiary/aromatic N) is 3. The van der Waals surface area contributed by atoms with Gasteiger partial charge in [-0.3, -0.25) is 15.4 Å². The van der Waals surface area contributed by atoms with Gasteiger partial charge in [0.05, 0.1) is 23.4 Å². The fourth-order valence-corrected chi connectivity index (χ4v) is 2.21. The van der Waals surface area contributed by atoms with Gasteiger partial charge in [-0.1, -0.05) is 0 Å². The molecule has 0 aliphatic heterocycles. The monoisotopic (exact) mass is 249 g/mol. The summed E-state index contributed by atoms with van der Waals surface area (Å²) in [5.74, 6) is -0.00955. The van der Waals surface area contributed by atoms with Crippen LogP contribution in [0.3, 0.4) is 0 Å². The highest BCUT2D eigenvalue weighted by Crippen LogP contribution is 2.26. The second-order valence-corrected chi connectivity index (χ2v) is 4.23. The molecule has 0 radical (unpaired) electrons. The summed E-state index contributed by atoms with van der Waals surface area (Å²) in [5, 5.41) is 8.18. The first-order valence-electron chi connectivity index (χ1n) is 4.81. The molecule has 0 saturated carbocycles. The molecule has 0 aliphatic carbocycles. The van der Waals surface area contributed by atoms with Crippen molar-refractivity contribution >= 4 is 17.2 Å². The maximum atomic E-state index is 7.49. The highest BCUT2D eigenvalue weighted by atomic mass is 32.1. The molecule has 0 amide bonds. The van der Waals surface area contributed by atoms with Crippen molar-refractivity contribution in [2.75, 3.05) is 7.11 Å². The zero-order chi connectivity index (χ0) is 12.3. The van der Waals surface area contributed by atoms with E-state index in [-0.39, 0.29) is 5.84 Å². The Labute approximate surface area is 102 Å². The minimum Gasteiger partial charge on any atom is -0.383 e. The van der Waals surface area contributed by atoms with E-state index in [0.29, 0.717) is 27.9 Å². The number of nitrogens with two attached hydrogens (primary N) is 1. The van der Waals surface area contributed by atoms with Crippen molar-refractivity contribution in [3.8, 4) is 10.7 Å². The first-order chi connectivity index (χ1) is 8.22. The molecule has 2 heterocycles. The zero-order valence-corrected chi connectivity index (χ0v) is 9.99. The highest BCUT2D eigenvalue weighted by Gasteiger charge is 2.15. The minimum atomic E-state index is -0.00955. The molecule has 0 saturated heterocycles. The summed E-state index contributed by atoms with van der Waals surface area (Å²) < 4.78 is 5.02. The number of hydrogen-bond acceptors (Lipinski definition) is 6. The van der Waals surface area contributed by atoms with Gasteiger partial charge in [-0.15, -0.1) is 11.3 Å². The molecule has 2 aromatic rings. The summed E-state index contributed by atoms with van der Waals surface area (Å²) in [6.07, 6.45) is 4.82. The van der Waals surface area contributed by atoms with Gasteiger partial charge in [0.15, 0.2) is 0 Å². The van der Waals surface area contributed by atoms with E-state index in [9.17, 15) is 0 Å². The summed E-state index contributed by atoms with van der Waals surface area (Å²) in [7, 11) is 1.57. The van der Waals surface area contributed by atoms with Gasteiger partial charge in [0.25, 0.3) is 0 Å².